The quantitative estimate of drug-likeness (QED) is 0.666. The first-order valence-corrected chi connectivity index (χ1v) is 10.6. The average molecular weight is 406 g/mol. The van der Waals surface area contributed by atoms with Gasteiger partial charge in [0, 0.05) is 42.7 Å². The number of nitrogens with zero attached hydrogens (tertiary/aromatic N) is 3. The Morgan fingerprint density at radius 2 is 1.69 bits per heavy atom. The molecular formula is C23H23N3O2S. The maximum atomic E-state index is 12.7. The van der Waals surface area contributed by atoms with Gasteiger partial charge < -0.3 is 9.80 Å². The van der Waals surface area contributed by atoms with Gasteiger partial charge in [-0.2, -0.15) is 0 Å². The molecule has 5 nitrogen and oxygen atoms in total. The Morgan fingerprint density at radius 1 is 0.966 bits per heavy atom. The number of piperazine rings is 1. The molecule has 0 atom stereocenters. The summed E-state index contributed by atoms with van der Waals surface area (Å²) in [6, 6.07) is 17.5. The Kier molecular flexibility index (Phi) is 5.71. The molecule has 1 aromatic heterocycles. The Balaban J connectivity index is 1.33. The highest BCUT2D eigenvalue weighted by molar-refractivity contribution is 7.13. The lowest BCUT2D eigenvalue weighted by molar-refractivity contribution is -0.132. The Hall–Kier alpha value is -2.99. The van der Waals surface area contributed by atoms with E-state index in [1.54, 1.807) is 11.3 Å². The standard InChI is InChI=1S/C23H23N3O2S/c1-17-6-5-9-19(14-17)22-24-20(16-29-22)15-21(27)25-10-12-26(13-11-25)23(28)18-7-3-2-4-8-18/h2-9,14,16H,10-13,15H2,1H3. The van der Waals surface area contributed by atoms with Crippen molar-refractivity contribution in [2.45, 2.75) is 13.3 Å². The van der Waals surface area contributed by atoms with Crippen molar-refractivity contribution in [1.29, 1.82) is 0 Å². The molecule has 3 aromatic rings. The van der Waals surface area contributed by atoms with Crippen LogP contribution in [0.15, 0.2) is 60.0 Å². The first-order chi connectivity index (χ1) is 14.1. The zero-order valence-corrected chi connectivity index (χ0v) is 17.2. The zero-order valence-electron chi connectivity index (χ0n) is 16.4. The Morgan fingerprint density at radius 3 is 2.41 bits per heavy atom. The number of aryl methyl sites for hydroxylation is 1. The fourth-order valence-corrected chi connectivity index (χ4v) is 4.30. The molecule has 0 unspecified atom stereocenters. The van der Waals surface area contributed by atoms with E-state index in [2.05, 4.69) is 24.0 Å². The summed E-state index contributed by atoms with van der Waals surface area (Å²) < 4.78 is 0. The molecule has 1 fully saturated rings. The largest absolute Gasteiger partial charge is 0.339 e. The summed E-state index contributed by atoms with van der Waals surface area (Å²) in [5.74, 6) is 0.0953. The minimum atomic E-state index is 0.0278. The summed E-state index contributed by atoms with van der Waals surface area (Å²) in [5.41, 5.74) is 3.78. The molecule has 2 amide bonds. The topological polar surface area (TPSA) is 53.5 Å². The van der Waals surface area contributed by atoms with Crippen LogP contribution in [-0.4, -0.2) is 52.8 Å². The normalized spacial score (nSPS) is 14.1. The molecule has 0 N–H and O–H groups in total. The summed E-state index contributed by atoms with van der Waals surface area (Å²) >= 11 is 1.57. The summed E-state index contributed by atoms with van der Waals surface area (Å²) in [4.78, 5) is 33.5. The lowest BCUT2D eigenvalue weighted by Gasteiger charge is -2.34. The number of amides is 2. The van der Waals surface area contributed by atoms with Gasteiger partial charge in [-0.25, -0.2) is 4.98 Å². The smallest absolute Gasteiger partial charge is 0.253 e. The van der Waals surface area contributed by atoms with Crippen LogP contribution in [0.3, 0.4) is 0 Å². The number of carbonyl (C=O) groups is 2. The van der Waals surface area contributed by atoms with Crippen LogP contribution in [-0.2, 0) is 11.2 Å². The van der Waals surface area contributed by atoms with Crippen molar-refractivity contribution in [3.63, 3.8) is 0 Å². The van der Waals surface area contributed by atoms with Gasteiger partial charge in [-0.15, -0.1) is 11.3 Å². The fourth-order valence-electron chi connectivity index (χ4n) is 3.49. The van der Waals surface area contributed by atoms with E-state index in [0.29, 0.717) is 38.2 Å². The third-order valence-electron chi connectivity index (χ3n) is 5.09. The van der Waals surface area contributed by atoms with Crippen LogP contribution in [0.2, 0.25) is 0 Å². The van der Waals surface area contributed by atoms with E-state index in [-0.39, 0.29) is 11.8 Å². The molecule has 1 aliphatic rings. The lowest BCUT2D eigenvalue weighted by Crippen LogP contribution is -2.51. The Labute approximate surface area is 174 Å². The molecule has 29 heavy (non-hydrogen) atoms. The minimum Gasteiger partial charge on any atom is -0.339 e. The molecule has 0 bridgehead atoms. The van der Waals surface area contributed by atoms with E-state index in [0.717, 1.165) is 16.3 Å². The third-order valence-corrected chi connectivity index (χ3v) is 6.03. The number of benzene rings is 2. The van der Waals surface area contributed by atoms with Gasteiger partial charge in [0.15, 0.2) is 0 Å². The molecule has 2 heterocycles. The van der Waals surface area contributed by atoms with Crippen molar-refractivity contribution in [2.24, 2.45) is 0 Å². The summed E-state index contributed by atoms with van der Waals surface area (Å²) in [7, 11) is 0. The van der Waals surface area contributed by atoms with Crippen molar-refractivity contribution >= 4 is 23.2 Å². The molecule has 1 aliphatic heterocycles. The molecule has 0 saturated carbocycles. The van der Waals surface area contributed by atoms with Gasteiger partial charge in [0.25, 0.3) is 5.91 Å². The summed E-state index contributed by atoms with van der Waals surface area (Å²) in [6.45, 7) is 4.30. The number of carbonyl (C=O) groups excluding carboxylic acids is 2. The van der Waals surface area contributed by atoms with Crippen LogP contribution in [0, 0.1) is 6.92 Å². The highest BCUT2D eigenvalue weighted by Crippen LogP contribution is 2.25. The number of rotatable bonds is 4. The molecule has 1 saturated heterocycles. The van der Waals surface area contributed by atoms with Gasteiger partial charge in [0.1, 0.15) is 5.01 Å². The van der Waals surface area contributed by atoms with Crippen molar-refractivity contribution in [1.82, 2.24) is 14.8 Å². The third kappa shape index (κ3) is 4.54. The van der Waals surface area contributed by atoms with Gasteiger partial charge in [-0.3, -0.25) is 9.59 Å². The second kappa shape index (κ2) is 8.57. The number of hydrogen-bond acceptors (Lipinski definition) is 4. The SMILES string of the molecule is Cc1cccc(-c2nc(CC(=O)N3CCN(C(=O)c4ccccc4)CC3)cs2)c1. The maximum Gasteiger partial charge on any atom is 0.253 e. The average Bonchev–Trinajstić information content (AvgIpc) is 3.22. The van der Waals surface area contributed by atoms with Gasteiger partial charge in [-0.1, -0.05) is 42.0 Å². The first kappa shape index (κ1) is 19.3. The number of thiazole rings is 1. The highest BCUT2D eigenvalue weighted by atomic mass is 32.1. The van der Waals surface area contributed by atoms with Crippen LogP contribution < -0.4 is 0 Å². The second-order valence-electron chi connectivity index (χ2n) is 7.23. The zero-order chi connectivity index (χ0) is 20.2. The van der Waals surface area contributed by atoms with Crippen molar-refractivity contribution in [2.75, 3.05) is 26.2 Å². The van der Waals surface area contributed by atoms with Gasteiger partial charge in [0.05, 0.1) is 12.1 Å². The number of aromatic nitrogens is 1. The van der Waals surface area contributed by atoms with Crippen LogP contribution in [0.25, 0.3) is 10.6 Å². The second-order valence-corrected chi connectivity index (χ2v) is 8.09. The van der Waals surface area contributed by atoms with E-state index >= 15 is 0 Å². The summed E-state index contributed by atoms with van der Waals surface area (Å²) in [5, 5.41) is 2.90. The molecule has 0 spiro atoms. The highest BCUT2D eigenvalue weighted by Gasteiger charge is 2.25. The van der Waals surface area contributed by atoms with E-state index in [9.17, 15) is 9.59 Å². The molecular weight excluding hydrogens is 382 g/mol. The van der Waals surface area contributed by atoms with Gasteiger partial charge in [0.2, 0.25) is 5.91 Å². The van der Waals surface area contributed by atoms with Gasteiger partial charge >= 0.3 is 0 Å². The van der Waals surface area contributed by atoms with Crippen molar-refractivity contribution in [3.8, 4) is 10.6 Å². The lowest BCUT2D eigenvalue weighted by atomic mass is 10.1. The predicted octanol–water partition coefficient (Wildman–Crippen LogP) is 3.65. The molecule has 4 rings (SSSR count). The molecule has 6 heteroatoms. The van der Waals surface area contributed by atoms with Crippen LogP contribution >= 0.6 is 11.3 Å². The molecule has 2 aromatic carbocycles. The van der Waals surface area contributed by atoms with Crippen molar-refractivity contribution < 1.29 is 9.59 Å². The Bertz CT molecular complexity index is 1010. The maximum absolute atomic E-state index is 12.7. The van der Waals surface area contributed by atoms with Crippen LogP contribution in [0.5, 0.6) is 0 Å². The molecule has 148 valence electrons. The van der Waals surface area contributed by atoms with E-state index in [1.165, 1.54) is 5.56 Å². The minimum absolute atomic E-state index is 0.0278. The van der Waals surface area contributed by atoms with E-state index in [1.807, 2.05) is 57.6 Å². The summed E-state index contributed by atoms with van der Waals surface area (Å²) in [6.07, 6.45) is 0.301. The predicted molar refractivity (Wildman–Crippen MR) is 115 cm³/mol. The van der Waals surface area contributed by atoms with Crippen LogP contribution in [0.4, 0.5) is 0 Å². The first-order valence-electron chi connectivity index (χ1n) is 9.74. The van der Waals surface area contributed by atoms with Crippen molar-refractivity contribution in [3.05, 3.63) is 76.8 Å². The van der Waals surface area contributed by atoms with E-state index in [4.69, 9.17) is 0 Å². The monoisotopic (exact) mass is 405 g/mol. The number of hydrogen-bond donors (Lipinski definition) is 0. The van der Waals surface area contributed by atoms with Crippen LogP contribution in [0.1, 0.15) is 21.6 Å². The van der Waals surface area contributed by atoms with E-state index < -0.39 is 0 Å². The molecule has 0 radical (unpaired) electrons. The molecule has 0 aliphatic carbocycles. The fraction of sp³-hybridized carbons (Fsp3) is 0.261. The van der Waals surface area contributed by atoms with Gasteiger partial charge in [-0.05, 0) is 25.1 Å².